The lowest BCUT2D eigenvalue weighted by Crippen LogP contribution is -2.54. The molecule has 3 saturated carbocycles. The van der Waals surface area contributed by atoms with E-state index in [-0.39, 0.29) is 17.9 Å². The van der Waals surface area contributed by atoms with Gasteiger partial charge in [-0.2, -0.15) is 4.80 Å². The molecular weight excluding hydrogens is 546 g/mol. The largest absolute Gasteiger partial charge is 0.346 e. The van der Waals surface area contributed by atoms with Crippen LogP contribution in [0, 0.1) is 17.8 Å². The van der Waals surface area contributed by atoms with Crippen LogP contribution in [0.1, 0.15) is 57.4 Å². The Morgan fingerprint density at radius 3 is 2.61 bits per heavy atom. The fourth-order valence-corrected chi connectivity index (χ4v) is 7.45. The average molecular weight is 582 g/mol. The molecule has 41 heavy (non-hydrogen) atoms. The van der Waals surface area contributed by atoms with Crippen molar-refractivity contribution in [2.45, 2.75) is 68.2 Å². The Balaban J connectivity index is 1.27. The fraction of sp³-hybridized carbons (Fsp3) is 0.571. The maximum atomic E-state index is 13.9. The first-order valence-corrected chi connectivity index (χ1v) is 15.9. The molecule has 0 radical (unpaired) electrons. The molecule has 13 heteroatoms. The van der Waals surface area contributed by atoms with Crippen molar-refractivity contribution in [2.75, 3.05) is 13.6 Å². The lowest BCUT2D eigenvalue weighted by molar-refractivity contribution is -0.140. The summed E-state index contributed by atoms with van der Waals surface area (Å²) in [6, 6.07) is 9.09. The highest BCUT2D eigenvalue weighted by Crippen LogP contribution is 2.47. The Hall–Kier alpha value is -3.61. The summed E-state index contributed by atoms with van der Waals surface area (Å²) in [5.41, 5.74) is -0.547. The number of sulfonamides is 1. The van der Waals surface area contributed by atoms with E-state index in [2.05, 4.69) is 25.4 Å². The normalized spacial score (nSPS) is 30.6. The van der Waals surface area contributed by atoms with Crippen LogP contribution < -0.4 is 10.0 Å². The number of benzene rings is 1. The Kier molecular flexibility index (Phi) is 7.16. The number of amides is 3. The number of nitrogens with one attached hydrogen (secondary N) is 2. The molecule has 1 aromatic heterocycles. The lowest BCUT2D eigenvalue weighted by atomic mass is 9.93. The van der Waals surface area contributed by atoms with Crippen LogP contribution in [-0.2, 0) is 24.4 Å². The molecule has 5 atom stereocenters. The summed E-state index contributed by atoms with van der Waals surface area (Å²) in [6.45, 7) is 0.580. The number of tetrazole rings is 1. The molecule has 3 fully saturated rings. The van der Waals surface area contributed by atoms with Crippen molar-refractivity contribution in [3.8, 4) is 11.4 Å². The summed E-state index contributed by atoms with van der Waals surface area (Å²) in [6.07, 6.45) is 8.31. The highest BCUT2D eigenvalue weighted by atomic mass is 32.2. The van der Waals surface area contributed by atoms with Crippen molar-refractivity contribution in [2.24, 2.45) is 17.8 Å². The number of carbonyl (C=O) groups is 3. The van der Waals surface area contributed by atoms with Crippen LogP contribution in [0.15, 0.2) is 42.5 Å². The Labute approximate surface area is 239 Å². The van der Waals surface area contributed by atoms with Gasteiger partial charge in [-0.15, -0.1) is 10.2 Å². The second-order valence-electron chi connectivity index (χ2n) is 11.8. The highest BCUT2D eigenvalue weighted by Gasteiger charge is 2.62. The summed E-state index contributed by atoms with van der Waals surface area (Å²) < 4.78 is 27.4. The first-order chi connectivity index (χ1) is 19.7. The van der Waals surface area contributed by atoms with Gasteiger partial charge < -0.3 is 10.2 Å². The van der Waals surface area contributed by atoms with E-state index in [0.29, 0.717) is 44.5 Å². The molecular formula is C28H35N7O5S. The van der Waals surface area contributed by atoms with E-state index in [9.17, 15) is 22.8 Å². The molecule has 1 aliphatic heterocycles. The van der Waals surface area contributed by atoms with Gasteiger partial charge in [0.25, 0.3) is 5.91 Å². The maximum absolute atomic E-state index is 13.9. The Bertz CT molecular complexity index is 1470. The molecule has 6 rings (SSSR count). The van der Waals surface area contributed by atoms with E-state index < -0.39 is 44.5 Å². The standard InChI is InChI=1S/C28H35N7O5S/c1-34-14-8-3-2-7-11-19-17-28(19,27(38)32-41(39,40)21-12-13-21)29-25(36)22-15-20(16-23(22)26(34)37)35-31-24(30-33-35)18-9-5-4-6-10-18/h4-7,9-11,19-23H,2-3,8,12-17H2,1H3,(H,29,36)(H,32,38)/t19-,20-,22-,23-,28-/m1/s1. The minimum atomic E-state index is -3.79. The maximum Gasteiger partial charge on any atom is 0.259 e. The van der Waals surface area contributed by atoms with Crippen molar-refractivity contribution in [1.82, 2.24) is 35.1 Å². The van der Waals surface area contributed by atoms with Crippen LogP contribution >= 0.6 is 0 Å². The van der Waals surface area contributed by atoms with Crippen LogP contribution in [0.3, 0.4) is 0 Å². The van der Waals surface area contributed by atoms with Crippen LogP contribution in [0.5, 0.6) is 0 Å². The van der Waals surface area contributed by atoms with Gasteiger partial charge in [-0.05, 0) is 56.6 Å². The van der Waals surface area contributed by atoms with Gasteiger partial charge in [0, 0.05) is 25.1 Å². The van der Waals surface area contributed by atoms with Crippen LogP contribution in [0.4, 0.5) is 0 Å². The number of carbonyl (C=O) groups excluding carboxylic acids is 3. The number of hydrogen-bond donors (Lipinski definition) is 2. The lowest BCUT2D eigenvalue weighted by Gasteiger charge is -2.26. The van der Waals surface area contributed by atoms with Gasteiger partial charge in [-0.3, -0.25) is 19.1 Å². The van der Waals surface area contributed by atoms with Crippen LogP contribution in [0.2, 0.25) is 0 Å². The van der Waals surface area contributed by atoms with Gasteiger partial charge in [-0.1, -0.05) is 42.5 Å². The van der Waals surface area contributed by atoms with Crippen molar-refractivity contribution < 1.29 is 22.8 Å². The van der Waals surface area contributed by atoms with Crippen molar-refractivity contribution in [1.29, 1.82) is 0 Å². The third-order valence-corrected chi connectivity index (χ3v) is 10.6. The Morgan fingerprint density at radius 1 is 1.10 bits per heavy atom. The summed E-state index contributed by atoms with van der Waals surface area (Å²) >= 11 is 0. The zero-order valence-electron chi connectivity index (χ0n) is 23.0. The van der Waals surface area contributed by atoms with E-state index in [1.54, 1.807) is 11.9 Å². The van der Waals surface area contributed by atoms with Crippen LogP contribution in [-0.4, -0.2) is 75.6 Å². The molecule has 0 unspecified atom stereocenters. The topological polar surface area (TPSA) is 156 Å². The highest BCUT2D eigenvalue weighted by molar-refractivity contribution is 7.91. The molecule has 0 saturated heterocycles. The number of hydrogen-bond acceptors (Lipinski definition) is 8. The van der Waals surface area contributed by atoms with Crippen molar-refractivity contribution >= 4 is 27.7 Å². The minimum Gasteiger partial charge on any atom is -0.346 e. The molecule has 2 N–H and O–H groups in total. The second-order valence-corrected chi connectivity index (χ2v) is 13.7. The SMILES string of the molecule is CN1CCCCC=C[C@@H]2C[C@@]2(C(=O)NS(=O)(=O)C2CC2)NC(=O)[C@@H]2C[C@@H](n3nnc(-c4ccccc4)n3)C[C@H]2C1=O. The van der Waals surface area contributed by atoms with E-state index in [1.165, 1.54) is 4.80 Å². The number of nitrogens with zero attached hydrogens (tertiary/aromatic N) is 5. The molecule has 2 heterocycles. The summed E-state index contributed by atoms with van der Waals surface area (Å²) in [4.78, 5) is 44.0. The number of rotatable bonds is 5. The van der Waals surface area contributed by atoms with Crippen LogP contribution in [0.25, 0.3) is 11.4 Å². The van der Waals surface area contributed by atoms with Gasteiger partial charge in [0.1, 0.15) is 5.54 Å². The van der Waals surface area contributed by atoms with Gasteiger partial charge in [-0.25, -0.2) is 8.42 Å². The molecule has 1 aromatic carbocycles. The summed E-state index contributed by atoms with van der Waals surface area (Å²) in [7, 11) is -2.04. The van der Waals surface area contributed by atoms with E-state index in [0.717, 1.165) is 24.8 Å². The number of aromatic nitrogens is 4. The van der Waals surface area contributed by atoms with Gasteiger partial charge in [0.2, 0.25) is 27.7 Å². The molecule has 2 aromatic rings. The van der Waals surface area contributed by atoms with Gasteiger partial charge in [0.15, 0.2) is 0 Å². The molecule has 0 bridgehead atoms. The second kappa shape index (κ2) is 10.7. The minimum absolute atomic E-state index is 0.134. The third-order valence-electron chi connectivity index (χ3n) is 8.80. The third kappa shape index (κ3) is 5.51. The molecule has 218 valence electrons. The monoisotopic (exact) mass is 581 g/mol. The van der Waals surface area contributed by atoms with Crippen molar-refractivity contribution in [3.05, 3.63) is 42.5 Å². The van der Waals surface area contributed by atoms with E-state index in [4.69, 9.17) is 0 Å². The first-order valence-electron chi connectivity index (χ1n) is 14.3. The average Bonchev–Trinajstić information content (AvgIpc) is 3.82. The zero-order valence-corrected chi connectivity index (χ0v) is 23.8. The fourth-order valence-electron chi connectivity index (χ4n) is 6.09. The smallest absolute Gasteiger partial charge is 0.259 e. The van der Waals surface area contributed by atoms with Crippen molar-refractivity contribution in [3.63, 3.8) is 0 Å². The van der Waals surface area contributed by atoms with E-state index in [1.807, 2.05) is 42.5 Å². The predicted octanol–water partition coefficient (Wildman–Crippen LogP) is 1.59. The summed E-state index contributed by atoms with van der Waals surface area (Å²) in [5, 5.41) is 15.3. The Morgan fingerprint density at radius 2 is 1.85 bits per heavy atom. The van der Waals surface area contributed by atoms with Gasteiger partial charge in [0.05, 0.1) is 23.1 Å². The molecule has 3 amide bonds. The number of allylic oxidation sites excluding steroid dienone is 1. The number of fused-ring (bicyclic) bond motifs is 2. The van der Waals surface area contributed by atoms with Gasteiger partial charge >= 0.3 is 0 Å². The zero-order chi connectivity index (χ0) is 28.8. The van der Waals surface area contributed by atoms with E-state index >= 15 is 0 Å². The molecule has 4 aliphatic rings. The molecule has 0 spiro atoms. The predicted molar refractivity (Wildman–Crippen MR) is 148 cm³/mol. The first kappa shape index (κ1) is 27.6. The quantitative estimate of drug-likeness (QED) is 0.504. The molecule has 12 nitrogen and oxygen atoms in total. The summed E-state index contributed by atoms with van der Waals surface area (Å²) in [5.74, 6) is -2.51. The molecule has 3 aliphatic carbocycles.